The van der Waals surface area contributed by atoms with Gasteiger partial charge in [-0.05, 0) is 104 Å². The van der Waals surface area contributed by atoms with E-state index in [1.165, 1.54) is 63.3 Å². The quantitative estimate of drug-likeness (QED) is 0.173. The van der Waals surface area contributed by atoms with Crippen LogP contribution in [0.15, 0.2) is 237 Å². The van der Waals surface area contributed by atoms with Gasteiger partial charge in [-0.3, -0.25) is 0 Å². The van der Waals surface area contributed by atoms with Gasteiger partial charge in [0.05, 0.1) is 27.8 Å². The summed E-state index contributed by atoms with van der Waals surface area (Å²) in [5, 5.41) is 16.5. The zero-order valence-electron chi connectivity index (χ0n) is 39.2. The Hall–Kier alpha value is -9.49. The summed E-state index contributed by atoms with van der Waals surface area (Å²) >= 11 is 1.84. The summed E-state index contributed by atoms with van der Waals surface area (Å²) in [5.41, 5.74) is 9.37. The number of hydrogen-bond acceptors (Lipinski definition) is 4. The second kappa shape index (κ2) is 15.5. The van der Waals surface area contributed by atoms with Gasteiger partial charge in [0.15, 0.2) is 17.5 Å². The van der Waals surface area contributed by atoms with Crippen LogP contribution in [0.4, 0.5) is 0 Å². The van der Waals surface area contributed by atoms with Gasteiger partial charge in [-0.25, -0.2) is 15.0 Å². The lowest BCUT2D eigenvalue weighted by molar-refractivity contribution is 1.07. The molecule has 0 spiro atoms. The van der Waals surface area contributed by atoms with Crippen molar-refractivity contribution in [2.75, 3.05) is 0 Å². The van der Waals surface area contributed by atoms with Gasteiger partial charge in [0.1, 0.15) is 0 Å². The average Bonchev–Trinajstić information content (AvgIpc) is 4.10. The highest BCUT2D eigenvalue weighted by Gasteiger charge is 2.25. The lowest BCUT2D eigenvalue weighted by Crippen LogP contribution is -2.04. The fraction of sp³-hybridized carbons (Fsp3) is 0. The fourth-order valence-electron chi connectivity index (χ4n) is 11.8. The summed E-state index contributed by atoms with van der Waals surface area (Å²) in [6.07, 6.45) is 0. The minimum absolute atomic E-state index is 0.604. The summed E-state index contributed by atoms with van der Waals surface area (Å²) in [4.78, 5) is 16.9. The fourth-order valence-corrected chi connectivity index (χ4v) is 13.0. The molecule has 6 heteroatoms. The Balaban J connectivity index is 1.06. The molecule has 0 saturated heterocycles. The van der Waals surface area contributed by atoms with E-state index < -0.39 is 0 Å². The molecule has 0 saturated carbocycles. The third-order valence-electron chi connectivity index (χ3n) is 15.1. The highest BCUT2D eigenvalue weighted by atomic mass is 32.1. The maximum Gasteiger partial charge on any atom is 0.166 e. The van der Waals surface area contributed by atoms with E-state index >= 15 is 0 Å². The summed E-state index contributed by atoms with van der Waals surface area (Å²) in [6.45, 7) is 0. The van der Waals surface area contributed by atoms with Crippen molar-refractivity contribution in [2.24, 2.45) is 0 Å². The molecule has 338 valence electrons. The Morgan fingerprint density at radius 1 is 0.288 bits per heavy atom. The molecule has 5 nitrogen and oxygen atoms in total. The van der Waals surface area contributed by atoms with E-state index in [2.05, 4.69) is 246 Å². The number of aromatic nitrogens is 5. The molecule has 0 aliphatic rings. The Bertz CT molecular complexity index is 4890. The zero-order valence-corrected chi connectivity index (χ0v) is 40.0. The zero-order chi connectivity index (χ0) is 47.7. The van der Waals surface area contributed by atoms with Gasteiger partial charge in [-0.1, -0.05) is 176 Å². The number of benzene rings is 12. The SMILES string of the molecule is c1ccc(-n2c3ccccc3c3c(-c4nc(-c5cc6sc7c8ccccc8ccc7c6cc5-n5c6cc7ccccc7cc6c6cc7ccccc7cc65)nc(-c5cccc6ccccc56)n4)cccc32)cc1. The van der Waals surface area contributed by atoms with Crippen molar-refractivity contribution in [3.8, 4) is 45.5 Å². The van der Waals surface area contributed by atoms with Gasteiger partial charge >= 0.3 is 0 Å². The first kappa shape index (κ1) is 40.3. The standard InChI is InChI=1S/C67H39N5S/c1-2-23-46(24-3-1)71-57-30-13-12-27-51(57)63-52(29-15-31-58(63)71)66-68-65(50-28-14-22-40-16-8-10-25-47(40)50)69-67(70-66)56-39-62-55(49-33-32-41-17-9-11-26-48(41)64(49)73-62)38-61(56)72-59-36-44-20-6-4-18-42(44)34-53(59)54-35-43-19-5-7-21-45(43)37-60(54)72/h1-39H. The Morgan fingerprint density at radius 2 is 0.808 bits per heavy atom. The lowest BCUT2D eigenvalue weighted by atomic mass is 10.0. The molecule has 0 radical (unpaired) electrons. The van der Waals surface area contributed by atoms with Crippen LogP contribution in [-0.4, -0.2) is 24.1 Å². The third-order valence-corrected chi connectivity index (χ3v) is 16.3. The van der Waals surface area contributed by atoms with E-state index in [1.54, 1.807) is 0 Å². The third kappa shape index (κ3) is 6.05. The number of nitrogens with zero attached hydrogens (tertiary/aromatic N) is 5. The molecule has 0 unspecified atom stereocenters. The van der Waals surface area contributed by atoms with Crippen molar-refractivity contribution in [1.82, 2.24) is 24.1 Å². The van der Waals surface area contributed by atoms with Gasteiger partial charge in [0.2, 0.25) is 0 Å². The second-order valence-corrected chi connectivity index (χ2v) is 20.2. The predicted molar refractivity (Wildman–Crippen MR) is 308 cm³/mol. The van der Waals surface area contributed by atoms with Gasteiger partial charge in [0, 0.05) is 64.1 Å². The molecule has 0 aliphatic heterocycles. The van der Waals surface area contributed by atoms with Crippen LogP contribution in [0.2, 0.25) is 0 Å². The van der Waals surface area contributed by atoms with Gasteiger partial charge in [-0.2, -0.15) is 0 Å². The summed E-state index contributed by atoms with van der Waals surface area (Å²) in [6, 6.07) is 85.7. The number of thiophene rings is 1. The highest BCUT2D eigenvalue weighted by molar-refractivity contribution is 7.26. The van der Waals surface area contributed by atoms with Crippen LogP contribution >= 0.6 is 11.3 Å². The topological polar surface area (TPSA) is 48.5 Å². The molecule has 4 heterocycles. The van der Waals surface area contributed by atoms with Crippen LogP contribution in [0, 0.1) is 0 Å². The number of hydrogen-bond donors (Lipinski definition) is 0. The molecule has 16 rings (SSSR count). The molecule has 4 aromatic heterocycles. The van der Waals surface area contributed by atoms with E-state index in [9.17, 15) is 0 Å². The van der Waals surface area contributed by atoms with Crippen molar-refractivity contribution in [2.45, 2.75) is 0 Å². The average molecular weight is 946 g/mol. The first-order chi connectivity index (χ1) is 36.2. The molecule has 0 aliphatic carbocycles. The van der Waals surface area contributed by atoms with Crippen LogP contribution in [0.3, 0.4) is 0 Å². The van der Waals surface area contributed by atoms with Gasteiger partial charge in [-0.15, -0.1) is 11.3 Å². The molecule has 0 atom stereocenters. The monoisotopic (exact) mass is 945 g/mol. The molecule has 0 N–H and O–H groups in total. The van der Waals surface area contributed by atoms with Gasteiger partial charge < -0.3 is 9.13 Å². The molecular weight excluding hydrogens is 907 g/mol. The second-order valence-electron chi connectivity index (χ2n) is 19.1. The van der Waals surface area contributed by atoms with Crippen LogP contribution in [0.1, 0.15) is 0 Å². The summed E-state index contributed by atoms with van der Waals surface area (Å²) < 4.78 is 7.28. The predicted octanol–water partition coefficient (Wildman–Crippen LogP) is 18.0. The van der Waals surface area contributed by atoms with Crippen molar-refractivity contribution >= 4 is 118 Å². The number of fused-ring (bicyclic) bond motifs is 14. The van der Waals surface area contributed by atoms with E-state index in [0.717, 1.165) is 71.7 Å². The largest absolute Gasteiger partial charge is 0.309 e. The van der Waals surface area contributed by atoms with E-state index in [-0.39, 0.29) is 0 Å². The molecular formula is C67H39N5S. The molecule has 16 aromatic rings. The van der Waals surface area contributed by atoms with E-state index in [0.29, 0.717) is 17.5 Å². The molecule has 0 bridgehead atoms. The lowest BCUT2D eigenvalue weighted by Gasteiger charge is -2.16. The normalized spacial score (nSPS) is 12.1. The molecule has 73 heavy (non-hydrogen) atoms. The summed E-state index contributed by atoms with van der Waals surface area (Å²) in [5.74, 6) is 1.84. The van der Waals surface area contributed by atoms with Crippen molar-refractivity contribution in [3.63, 3.8) is 0 Å². The van der Waals surface area contributed by atoms with Gasteiger partial charge in [0.25, 0.3) is 0 Å². The van der Waals surface area contributed by atoms with Crippen LogP contribution in [0.5, 0.6) is 0 Å². The minimum Gasteiger partial charge on any atom is -0.309 e. The smallest absolute Gasteiger partial charge is 0.166 e. The first-order valence-electron chi connectivity index (χ1n) is 24.8. The van der Waals surface area contributed by atoms with Crippen molar-refractivity contribution < 1.29 is 0 Å². The molecule has 0 fully saturated rings. The Kier molecular flexibility index (Phi) is 8.55. The molecule has 12 aromatic carbocycles. The van der Waals surface area contributed by atoms with E-state index in [1.807, 2.05) is 11.3 Å². The number of para-hydroxylation sites is 2. The van der Waals surface area contributed by atoms with E-state index in [4.69, 9.17) is 15.0 Å². The van der Waals surface area contributed by atoms with Crippen LogP contribution < -0.4 is 0 Å². The number of rotatable bonds is 5. The summed E-state index contributed by atoms with van der Waals surface area (Å²) in [7, 11) is 0. The maximum absolute atomic E-state index is 5.72. The van der Waals surface area contributed by atoms with Crippen molar-refractivity contribution in [3.05, 3.63) is 237 Å². The van der Waals surface area contributed by atoms with Crippen molar-refractivity contribution in [1.29, 1.82) is 0 Å². The Labute approximate surface area is 422 Å². The first-order valence-corrected chi connectivity index (χ1v) is 25.6. The minimum atomic E-state index is 0.604. The molecule has 0 amide bonds. The maximum atomic E-state index is 5.72. The van der Waals surface area contributed by atoms with Crippen LogP contribution in [-0.2, 0) is 0 Å². The Morgan fingerprint density at radius 3 is 1.52 bits per heavy atom. The van der Waals surface area contributed by atoms with Crippen LogP contribution in [0.25, 0.3) is 152 Å². The highest BCUT2D eigenvalue weighted by Crippen LogP contribution is 2.46.